The molecule has 1 fully saturated rings. The summed E-state index contributed by atoms with van der Waals surface area (Å²) in [6, 6.07) is 7.25. The highest BCUT2D eigenvalue weighted by Gasteiger charge is 2.31. The molecule has 1 aliphatic rings. The Morgan fingerprint density at radius 1 is 1.35 bits per heavy atom. The van der Waals surface area contributed by atoms with Crippen molar-refractivity contribution < 1.29 is 17.9 Å². The van der Waals surface area contributed by atoms with E-state index in [1.807, 2.05) is 19.1 Å². The predicted molar refractivity (Wildman–Crippen MR) is 90.0 cm³/mol. The van der Waals surface area contributed by atoms with Gasteiger partial charge < -0.3 is 10.1 Å². The maximum Gasteiger partial charge on any atom is 0.228 e. The zero-order valence-electron chi connectivity index (χ0n) is 13.6. The largest absolute Gasteiger partial charge is 0.492 e. The lowest BCUT2D eigenvalue weighted by molar-refractivity contribution is -0.120. The lowest BCUT2D eigenvalue weighted by atomic mass is 9.98. The van der Waals surface area contributed by atoms with E-state index in [0.717, 1.165) is 0 Å². The van der Waals surface area contributed by atoms with Crippen LogP contribution in [0.25, 0.3) is 0 Å². The minimum Gasteiger partial charge on any atom is -0.492 e. The Labute approximate surface area is 137 Å². The van der Waals surface area contributed by atoms with Gasteiger partial charge in [0.1, 0.15) is 5.75 Å². The smallest absolute Gasteiger partial charge is 0.228 e. The van der Waals surface area contributed by atoms with Gasteiger partial charge in [-0.1, -0.05) is 12.1 Å². The van der Waals surface area contributed by atoms with Gasteiger partial charge in [-0.05, 0) is 38.8 Å². The molecule has 0 spiro atoms. The van der Waals surface area contributed by atoms with Gasteiger partial charge in [0.05, 0.1) is 24.0 Å². The molecule has 1 aromatic carbocycles. The highest BCUT2D eigenvalue weighted by Crippen LogP contribution is 2.26. The van der Waals surface area contributed by atoms with Crippen molar-refractivity contribution >= 4 is 21.6 Å². The number of piperidine rings is 1. The molecule has 6 nitrogen and oxygen atoms in total. The minimum absolute atomic E-state index is 0.0640. The van der Waals surface area contributed by atoms with E-state index in [1.54, 1.807) is 19.1 Å². The number of carbonyl (C=O) groups is 1. The second-order valence-electron chi connectivity index (χ2n) is 5.52. The molecule has 1 amide bonds. The first kappa shape index (κ1) is 17.7. The third kappa shape index (κ3) is 4.45. The number of para-hydroxylation sites is 2. The van der Waals surface area contributed by atoms with Crippen LogP contribution in [0.15, 0.2) is 24.3 Å². The molecule has 1 saturated heterocycles. The van der Waals surface area contributed by atoms with Gasteiger partial charge in [0.2, 0.25) is 15.9 Å². The lowest BCUT2D eigenvalue weighted by Crippen LogP contribution is -2.44. The predicted octanol–water partition coefficient (Wildman–Crippen LogP) is 2.09. The van der Waals surface area contributed by atoms with Gasteiger partial charge in [0.25, 0.3) is 0 Å². The van der Waals surface area contributed by atoms with Crippen LogP contribution in [0, 0.1) is 5.92 Å². The van der Waals surface area contributed by atoms with Crippen LogP contribution in [0.5, 0.6) is 5.75 Å². The Balaban J connectivity index is 2.06. The van der Waals surface area contributed by atoms with E-state index in [1.165, 1.54) is 4.31 Å². The Kier molecular flexibility index (Phi) is 6.01. The Morgan fingerprint density at radius 3 is 2.78 bits per heavy atom. The van der Waals surface area contributed by atoms with Crippen molar-refractivity contribution in [2.24, 2.45) is 5.92 Å². The summed E-state index contributed by atoms with van der Waals surface area (Å²) in [5.74, 6) is 0.194. The third-order valence-corrected chi connectivity index (χ3v) is 5.81. The van der Waals surface area contributed by atoms with Crippen LogP contribution in [0.1, 0.15) is 26.7 Å². The van der Waals surface area contributed by atoms with Gasteiger partial charge in [0, 0.05) is 13.1 Å². The second-order valence-corrected chi connectivity index (χ2v) is 7.77. The molecular formula is C16H24N2O4S. The van der Waals surface area contributed by atoms with Gasteiger partial charge in [-0.3, -0.25) is 4.79 Å². The quantitative estimate of drug-likeness (QED) is 0.860. The highest BCUT2D eigenvalue weighted by atomic mass is 32.2. The third-order valence-electron chi connectivity index (χ3n) is 3.96. The maximum absolute atomic E-state index is 12.5. The van der Waals surface area contributed by atoms with Crippen molar-refractivity contribution in [3.05, 3.63) is 24.3 Å². The topological polar surface area (TPSA) is 75.7 Å². The SMILES string of the molecule is CCOc1ccccc1NC(=O)C1CCCN(S(=O)(=O)CC)C1. The second kappa shape index (κ2) is 7.79. The zero-order chi connectivity index (χ0) is 16.9. The van der Waals surface area contributed by atoms with E-state index in [4.69, 9.17) is 4.74 Å². The molecule has 23 heavy (non-hydrogen) atoms. The zero-order valence-corrected chi connectivity index (χ0v) is 14.4. The molecule has 0 radical (unpaired) electrons. The average molecular weight is 340 g/mol. The number of hydrogen-bond donors (Lipinski definition) is 1. The molecule has 1 atom stereocenters. The fourth-order valence-electron chi connectivity index (χ4n) is 2.68. The summed E-state index contributed by atoms with van der Waals surface area (Å²) in [5, 5.41) is 2.87. The van der Waals surface area contributed by atoms with E-state index < -0.39 is 10.0 Å². The molecule has 2 rings (SSSR count). The van der Waals surface area contributed by atoms with Crippen molar-refractivity contribution in [2.75, 3.05) is 30.8 Å². The van der Waals surface area contributed by atoms with Gasteiger partial charge >= 0.3 is 0 Å². The lowest BCUT2D eigenvalue weighted by Gasteiger charge is -2.31. The molecule has 0 aromatic heterocycles. The fraction of sp³-hybridized carbons (Fsp3) is 0.562. The number of amides is 1. The van der Waals surface area contributed by atoms with Crippen molar-refractivity contribution in [1.29, 1.82) is 0 Å². The van der Waals surface area contributed by atoms with Gasteiger partial charge in [-0.15, -0.1) is 0 Å². The van der Waals surface area contributed by atoms with Crippen molar-refractivity contribution in [2.45, 2.75) is 26.7 Å². The van der Waals surface area contributed by atoms with Crippen LogP contribution >= 0.6 is 0 Å². The van der Waals surface area contributed by atoms with Gasteiger partial charge in [-0.25, -0.2) is 12.7 Å². The summed E-state index contributed by atoms with van der Waals surface area (Å²) in [6.07, 6.45) is 1.39. The monoisotopic (exact) mass is 340 g/mol. The number of nitrogens with zero attached hydrogens (tertiary/aromatic N) is 1. The van der Waals surface area contributed by atoms with Crippen molar-refractivity contribution in [3.8, 4) is 5.75 Å². The maximum atomic E-state index is 12.5. The number of anilines is 1. The Morgan fingerprint density at radius 2 is 2.09 bits per heavy atom. The van der Waals surface area contributed by atoms with Gasteiger partial charge in [-0.2, -0.15) is 0 Å². The summed E-state index contributed by atoms with van der Waals surface area (Å²) >= 11 is 0. The number of nitrogens with one attached hydrogen (secondary N) is 1. The molecular weight excluding hydrogens is 316 g/mol. The first-order valence-corrected chi connectivity index (χ1v) is 9.59. The number of sulfonamides is 1. The Hall–Kier alpha value is -1.60. The molecule has 7 heteroatoms. The molecule has 128 valence electrons. The molecule has 1 aromatic rings. The van der Waals surface area contributed by atoms with E-state index in [2.05, 4.69) is 5.32 Å². The molecule has 1 unspecified atom stereocenters. The highest BCUT2D eigenvalue weighted by molar-refractivity contribution is 7.89. The molecule has 0 bridgehead atoms. The minimum atomic E-state index is -3.25. The molecule has 0 aliphatic carbocycles. The molecule has 1 aliphatic heterocycles. The summed E-state index contributed by atoms with van der Waals surface area (Å²) in [4.78, 5) is 12.5. The van der Waals surface area contributed by atoms with E-state index in [0.29, 0.717) is 37.4 Å². The molecule has 1 heterocycles. The Bertz CT molecular complexity index is 645. The normalized spacial score (nSPS) is 19.3. The summed E-state index contributed by atoms with van der Waals surface area (Å²) < 4.78 is 30.9. The van der Waals surface area contributed by atoms with Crippen molar-refractivity contribution in [3.63, 3.8) is 0 Å². The first-order chi connectivity index (χ1) is 11.0. The van der Waals surface area contributed by atoms with Crippen LogP contribution in [-0.2, 0) is 14.8 Å². The van der Waals surface area contributed by atoms with Crippen LogP contribution in [-0.4, -0.2) is 44.1 Å². The van der Waals surface area contributed by atoms with Crippen LogP contribution in [0.4, 0.5) is 5.69 Å². The van der Waals surface area contributed by atoms with E-state index in [-0.39, 0.29) is 24.1 Å². The number of ether oxygens (including phenoxy) is 1. The van der Waals surface area contributed by atoms with Crippen LogP contribution < -0.4 is 10.1 Å². The number of carbonyl (C=O) groups excluding carboxylic acids is 1. The average Bonchev–Trinajstić information content (AvgIpc) is 2.57. The fourth-order valence-corrected chi connectivity index (χ4v) is 3.86. The number of rotatable bonds is 6. The molecule has 1 N–H and O–H groups in total. The number of hydrogen-bond acceptors (Lipinski definition) is 4. The summed E-state index contributed by atoms with van der Waals surface area (Å²) in [7, 11) is -3.25. The standard InChI is InChI=1S/C16H24N2O4S/c1-3-22-15-10-6-5-9-14(15)17-16(19)13-8-7-11-18(12-13)23(20,21)4-2/h5-6,9-10,13H,3-4,7-8,11-12H2,1-2H3,(H,17,19). The van der Waals surface area contributed by atoms with Crippen molar-refractivity contribution in [1.82, 2.24) is 4.31 Å². The van der Waals surface area contributed by atoms with Crippen LogP contribution in [0.3, 0.4) is 0 Å². The summed E-state index contributed by atoms with van der Waals surface area (Å²) in [5.41, 5.74) is 0.620. The van der Waals surface area contributed by atoms with Gasteiger partial charge in [0.15, 0.2) is 0 Å². The van der Waals surface area contributed by atoms with E-state index in [9.17, 15) is 13.2 Å². The first-order valence-electron chi connectivity index (χ1n) is 7.98. The van der Waals surface area contributed by atoms with E-state index >= 15 is 0 Å². The van der Waals surface area contributed by atoms with Crippen LogP contribution in [0.2, 0.25) is 0 Å². The number of benzene rings is 1. The summed E-state index contributed by atoms with van der Waals surface area (Å²) in [6.45, 7) is 4.76. The molecule has 0 saturated carbocycles.